The van der Waals surface area contributed by atoms with Gasteiger partial charge in [0.25, 0.3) is 0 Å². The predicted molar refractivity (Wildman–Crippen MR) is 86.9 cm³/mol. The van der Waals surface area contributed by atoms with Gasteiger partial charge in [0.1, 0.15) is 5.75 Å². The highest BCUT2D eigenvalue weighted by atomic mass is 16.6. The Labute approximate surface area is 138 Å². The Kier molecular flexibility index (Phi) is 3.23. The molecule has 2 aliphatic rings. The van der Waals surface area contributed by atoms with Crippen molar-refractivity contribution < 1.29 is 19.1 Å². The second kappa shape index (κ2) is 5.30. The molecule has 0 amide bonds. The summed E-state index contributed by atoms with van der Waals surface area (Å²) in [6.07, 6.45) is 0.603. The Balaban J connectivity index is 1.62. The number of esters is 2. The molecule has 1 aliphatic carbocycles. The number of aliphatic imine (C=N–C) groups is 1. The van der Waals surface area contributed by atoms with Crippen LogP contribution in [0.2, 0.25) is 0 Å². The molecular formula is C19H15NO4. The minimum Gasteiger partial charge on any atom is -0.427 e. The monoisotopic (exact) mass is 321 g/mol. The van der Waals surface area contributed by atoms with Crippen LogP contribution in [-0.2, 0) is 14.3 Å². The van der Waals surface area contributed by atoms with Crippen LogP contribution >= 0.6 is 0 Å². The summed E-state index contributed by atoms with van der Waals surface area (Å²) in [5, 5.41) is 0. The Hall–Kier alpha value is -2.95. The summed E-state index contributed by atoms with van der Waals surface area (Å²) in [5.74, 6) is 0.105. The molecule has 2 atom stereocenters. The van der Waals surface area contributed by atoms with Gasteiger partial charge in [0.15, 0.2) is 5.54 Å². The number of carbonyl (C=O) groups is 2. The van der Waals surface area contributed by atoms with Crippen LogP contribution in [0.15, 0.2) is 59.6 Å². The van der Waals surface area contributed by atoms with Crippen molar-refractivity contribution in [1.29, 1.82) is 0 Å². The highest BCUT2D eigenvalue weighted by molar-refractivity contribution is 6.10. The van der Waals surface area contributed by atoms with Crippen molar-refractivity contribution in [2.75, 3.05) is 0 Å². The lowest BCUT2D eigenvalue weighted by Gasteiger charge is -2.05. The van der Waals surface area contributed by atoms with Crippen molar-refractivity contribution in [1.82, 2.24) is 0 Å². The molecule has 5 nitrogen and oxygen atoms in total. The third-order valence-corrected chi connectivity index (χ3v) is 4.32. The number of hydrogen-bond acceptors (Lipinski definition) is 5. The quantitative estimate of drug-likeness (QED) is 0.644. The zero-order chi connectivity index (χ0) is 16.7. The summed E-state index contributed by atoms with van der Waals surface area (Å²) in [6, 6.07) is 16.6. The normalized spacial score (nSPS) is 24.5. The third-order valence-electron chi connectivity index (χ3n) is 4.32. The summed E-state index contributed by atoms with van der Waals surface area (Å²) in [6.45, 7) is 1.36. The molecule has 24 heavy (non-hydrogen) atoms. The van der Waals surface area contributed by atoms with Gasteiger partial charge in [-0.05, 0) is 36.2 Å². The van der Waals surface area contributed by atoms with Crippen LogP contribution in [0.25, 0.3) is 0 Å². The molecule has 5 heteroatoms. The summed E-state index contributed by atoms with van der Waals surface area (Å²) >= 11 is 0. The fraction of sp³-hybridized carbons (Fsp3) is 0.211. The van der Waals surface area contributed by atoms with Gasteiger partial charge in [-0.15, -0.1) is 0 Å². The minimum absolute atomic E-state index is 0.0540. The Morgan fingerprint density at radius 2 is 2.00 bits per heavy atom. The van der Waals surface area contributed by atoms with Crippen LogP contribution in [0.3, 0.4) is 0 Å². The number of ether oxygens (including phenoxy) is 2. The average Bonchev–Trinajstić information content (AvgIpc) is 3.21. The fourth-order valence-corrected chi connectivity index (χ4v) is 3.09. The van der Waals surface area contributed by atoms with E-state index >= 15 is 0 Å². The van der Waals surface area contributed by atoms with E-state index in [1.54, 1.807) is 12.1 Å². The lowest BCUT2D eigenvalue weighted by molar-refractivity contribution is -0.136. The highest BCUT2D eigenvalue weighted by Gasteiger charge is 2.65. The highest BCUT2D eigenvalue weighted by Crippen LogP contribution is 2.57. The molecule has 1 saturated carbocycles. The van der Waals surface area contributed by atoms with E-state index in [2.05, 4.69) is 4.99 Å². The number of cyclic esters (lactones) is 1. The van der Waals surface area contributed by atoms with Crippen LogP contribution in [0.1, 0.15) is 30.4 Å². The average molecular weight is 321 g/mol. The van der Waals surface area contributed by atoms with Gasteiger partial charge in [-0.1, -0.05) is 30.3 Å². The van der Waals surface area contributed by atoms with Crippen LogP contribution in [0.4, 0.5) is 0 Å². The first-order valence-corrected chi connectivity index (χ1v) is 7.74. The molecule has 4 rings (SSSR count). The molecule has 1 fully saturated rings. The van der Waals surface area contributed by atoms with Gasteiger partial charge in [0.05, 0.1) is 0 Å². The topological polar surface area (TPSA) is 65.0 Å². The summed E-state index contributed by atoms with van der Waals surface area (Å²) in [5.41, 5.74) is 0.880. The lowest BCUT2D eigenvalue weighted by atomic mass is 10.1. The Bertz CT molecular complexity index is 859. The van der Waals surface area contributed by atoms with Crippen molar-refractivity contribution in [2.24, 2.45) is 4.99 Å². The molecule has 1 heterocycles. The number of benzene rings is 2. The molecule has 0 unspecified atom stereocenters. The maximum atomic E-state index is 12.4. The summed E-state index contributed by atoms with van der Waals surface area (Å²) in [4.78, 5) is 28.0. The van der Waals surface area contributed by atoms with Crippen molar-refractivity contribution in [3.63, 3.8) is 0 Å². The SMILES string of the molecule is CC(=O)Oc1cccc([C@H]2C[C@@]23N=C(c2ccccc2)OC3=O)c1. The standard InChI is InChI=1S/C19H15NO4/c1-12(21)23-15-9-5-8-14(10-15)16-11-19(16)18(22)24-17(20-19)13-6-3-2-4-7-13/h2-10,16H,11H2,1H3/t16-,19-/m1/s1. The Morgan fingerprint density at radius 3 is 2.75 bits per heavy atom. The second-order valence-electron chi connectivity index (χ2n) is 6.02. The lowest BCUT2D eigenvalue weighted by Crippen LogP contribution is -2.18. The maximum absolute atomic E-state index is 12.4. The van der Waals surface area contributed by atoms with Crippen LogP contribution < -0.4 is 4.74 Å². The number of rotatable bonds is 3. The molecule has 0 aromatic heterocycles. The van der Waals surface area contributed by atoms with Crippen molar-refractivity contribution in [3.8, 4) is 5.75 Å². The number of hydrogen-bond donors (Lipinski definition) is 0. The Morgan fingerprint density at radius 1 is 1.21 bits per heavy atom. The molecule has 2 aromatic carbocycles. The van der Waals surface area contributed by atoms with Crippen LogP contribution in [0.5, 0.6) is 5.75 Å². The van der Waals surface area contributed by atoms with Crippen molar-refractivity contribution in [3.05, 3.63) is 65.7 Å². The molecular weight excluding hydrogens is 306 g/mol. The molecule has 1 spiro atoms. The summed E-state index contributed by atoms with van der Waals surface area (Å²) < 4.78 is 10.5. The largest absolute Gasteiger partial charge is 0.427 e. The first kappa shape index (κ1) is 14.6. The fourth-order valence-electron chi connectivity index (χ4n) is 3.09. The second-order valence-corrected chi connectivity index (χ2v) is 6.02. The molecule has 0 N–H and O–H groups in total. The molecule has 1 aliphatic heterocycles. The number of nitrogens with zero attached hydrogens (tertiary/aromatic N) is 1. The minimum atomic E-state index is -0.833. The van der Waals surface area contributed by atoms with Gasteiger partial charge in [-0.25, -0.2) is 9.79 Å². The van der Waals surface area contributed by atoms with E-state index in [-0.39, 0.29) is 17.9 Å². The molecule has 0 saturated heterocycles. The molecule has 120 valence electrons. The van der Waals surface area contributed by atoms with Gasteiger partial charge in [0, 0.05) is 18.4 Å². The maximum Gasteiger partial charge on any atom is 0.341 e. The molecule has 0 bridgehead atoms. The zero-order valence-electron chi connectivity index (χ0n) is 13.1. The smallest absolute Gasteiger partial charge is 0.341 e. The predicted octanol–water partition coefficient (Wildman–Crippen LogP) is 2.84. The van der Waals surface area contributed by atoms with Gasteiger partial charge < -0.3 is 9.47 Å². The zero-order valence-corrected chi connectivity index (χ0v) is 13.1. The van der Waals surface area contributed by atoms with Crippen LogP contribution in [-0.4, -0.2) is 23.4 Å². The molecule has 0 radical (unpaired) electrons. The van der Waals surface area contributed by atoms with Gasteiger partial charge in [-0.2, -0.15) is 0 Å². The first-order chi connectivity index (χ1) is 11.6. The van der Waals surface area contributed by atoms with E-state index in [1.807, 2.05) is 42.5 Å². The first-order valence-electron chi connectivity index (χ1n) is 7.74. The van der Waals surface area contributed by atoms with E-state index in [0.29, 0.717) is 18.1 Å². The van der Waals surface area contributed by atoms with Gasteiger partial charge in [0.2, 0.25) is 5.90 Å². The van der Waals surface area contributed by atoms with Gasteiger partial charge >= 0.3 is 11.9 Å². The van der Waals surface area contributed by atoms with E-state index in [0.717, 1.165) is 11.1 Å². The van der Waals surface area contributed by atoms with E-state index in [9.17, 15) is 9.59 Å². The third kappa shape index (κ3) is 2.38. The van der Waals surface area contributed by atoms with Crippen molar-refractivity contribution >= 4 is 17.8 Å². The molecule has 2 aromatic rings. The van der Waals surface area contributed by atoms with Crippen LogP contribution in [0, 0.1) is 0 Å². The van der Waals surface area contributed by atoms with E-state index < -0.39 is 5.54 Å². The van der Waals surface area contributed by atoms with Crippen molar-refractivity contribution in [2.45, 2.75) is 24.8 Å². The van der Waals surface area contributed by atoms with E-state index in [1.165, 1.54) is 6.92 Å². The summed E-state index contributed by atoms with van der Waals surface area (Å²) in [7, 11) is 0. The van der Waals surface area contributed by atoms with E-state index in [4.69, 9.17) is 9.47 Å². The number of carbonyl (C=O) groups excluding carboxylic acids is 2. The van der Waals surface area contributed by atoms with Gasteiger partial charge in [-0.3, -0.25) is 4.79 Å².